The summed E-state index contributed by atoms with van der Waals surface area (Å²) in [6.45, 7) is 1.95. The number of pyridine rings is 1. The molecule has 0 saturated carbocycles. The smallest absolute Gasteiger partial charge is 0.256 e. The van der Waals surface area contributed by atoms with Gasteiger partial charge < -0.3 is 10.6 Å². The van der Waals surface area contributed by atoms with Crippen LogP contribution in [0.5, 0.6) is 0 Å². The van der Waals surface area contributed by atoms with Crippen LogP contribution in [0, 0.1) is 6.92 Å². The van der Waals surface area contributed by atoms with Crippen molar-refractivity contribution in [1.29, 1.82) is 0 Å². The number of nitrogens with one attached hydrogen (secondary N) is 2. The van der Waals surface area contributed by atoms with Crippen molar-refractivity contribution >= 4 is 33.3 Å². The summed E-state index contributed by atoms with van der Waals surface area (Å²) in [5, 5.41) is 5.78. The van der Waals surface area contributed by atoms with Gasteiger partial charge >= 0.3 is 0 Å². The Hall–Kier alpha value is -1.88. The SMILES string of the molecule is CNc1ccc(C(=O)Nc2cc(C)c(Br)cn2)cc1. The summed E-state index contributed by atoms with van der Waals surface area (Å²) in [5.74, 6) is 0.375. The second kappa shape index (κ2) is 5.84. The van der Waals surface area contributed by atoms with Gasteiger partial charge in [0.05, 0.1) is 0 Å². The Morgan fingerprint density at radius 1 is 1.26 bits per heavy atom. The lowest BCUT2D eigenvalue weighted by Crippen LogP contribution is -2.13. The van der Waals surface area contributed by atoms with Gasteiger partial charge in [-0.1, -0.05) is 0 Å². The van der Waals surface area contributed by atoms with E-state index in [9.17, 15) is 4.79 Å². The molecule has 1 aromatic heterocycles. The van der Waals surface area contributed by atoms with Gasteiger partial charge in [-0.3, -0.25) is 4.79 Å². The van der Waals surface area contributed by atoms with Crippen LogP contribution in [0.3, 0.4) is 0 Å². The monoisotopic (exact) mass is 319 g/mol. The molecule has 1 amide bonds. The molecule has 2 aromatic rings. The van der Waals surface area contributed by atoms with Crippen LogP contribution in [-0.2, 0) is 0 Å². The largest absolute Gasteiger partial charge is 0.388 e. The Morgan fingerprint density at radius 3 is 2.53 bits per heavy atom. The lowest BCUT2D eigenvalue weighted by atomic mass is 10.2. The summed E-state index contributed by atoms with van der Waals surface area (Å²) < 4.78 is 0.920. The molecule has 1 aromatic carbocycles. The zero-order valence-corrected chi connectivity index (χ0v) is 12.3. The predicted octanol–water partition coefficient (Wildman–Crippen LogP) is 3.45. The first-order valence-electron chi connectivity index (χ1n) is 5.81. The molecule has 4 nitrogen and oxygen atoms in total. The molecule has 5 heteroatoms. The Balaban J connectivity index is 2.13. The first-order valence-corrected chi connectivity index (χ1v) is 6.61. The standard InChI is InChI=1S/C14H14BrN3O/c1-9-7-13(17-8-12(9)15)18-14(19)10-3-5-11(16-2)6-4-10/h3-8,16H,1-2H3,(H,17,18,19). The van der Waals surface area contributed by atoms with Gasteiger partial charge in [-0.15, -0.1) is 0 Å². The van der Waals surface area contributed by atoms with Gasteiger partial charge in [0.1, 0.15) is 5.82 Å². The maximum Gasteiger partial charge on any atom is 0.256 e. The Bertz CT molecular complexity index is 596. The number of halogens is 1. The fourth-order valence-electron chi connectivity index (χ4n) is 1.58. The molecule has 1 heterocycles. The van der Waals surface area contributed by atoms with Crippen LogP contribution in [0.15, 0.2) is 41.0 Å². The Labute approximate surface area is 120 Å². The van der Waals surface area contributed by atoms with Gasteiger partial charge in [-0.25, -0.2) is 4.98 Å². The minimum atomic E-state index is -0.170. The molecule has 0 aliphatic carbocycles. The maximum absolute atomic E-state index is 12.0. The number of hydrogen-bond acceptors (Lipinski definition) is 3. The normalized spacial score (nSPS) is 10.1. The molecule has 0 spiro atoms. The molecule has 19 heavy (non-hydrogen) atoms. The van der Waals surface area contributed by atoms with Crippen molar-refractivity contribution in [2.45, 2.75) is 6.92 Å². The minimum Gasteiger partial charge on any atom is -0.388 e. The highest BCUT2D eigenvalue weighted by Gasteiger charge is 2.07. The molecule has 0 aliphatic rings. The molecule has 0 saturated heterocycles. The lowest BCUT2D eigenvalue weighted by molar-refractivity contribution is 0.102. The van der Waals surface area contributed by atoms with Crippen LogP contribution >= 0.6 is 15.9 Å². The highest BCUT2D eigenvalue weighted by Crippen LogP contribution is 2.18. The molecular formula is C14H14BrN3O. The van der Waals surface area contributed by atoms with Gasteiger partial charge in [0, 0.05) is 29.0 Å². The topological polar surface area (TPSA) is 54.0 Å². The highest BCUT2D eigenvalue weighted by molar-refractivity contribution is 9.10. The summed E-state index contributed by atoms with van der Waals surface area (Å²) in [5.41, 5.74) is 2.59. The molecule has 98 valence electrons. The lowest BCUT2D eigenvalue weighted by Gasteiger charge is -2.07. The van der Waals surface area contributed by atoms with Crippen LogP contribution in [0.1, 0.15) is 15.9 Å². The van der Waals surface area contributed by atoms with E-state index in [1.165, 1.54) is 0 Å². The van der Waals surface area contributed by atoms with E-state index in [0.717, 1.165) is 15.7 Å². The Kier molecular flexibility index (Phi) is 4.16. The number of carbonyl (C=O) groups excluding carboxylic acids is 1. The van der Waals surface area contributed by atoms with Crippen LogP contribution in [0.4, 0.5) is 11.5 Å². The summed E-state index contributed by atoms with van der Waals surface area (Å²) in [4.78, 5) is 16.2. The molecule has 2 N–H and O–H groups in total. The van der Waals surface area contributed by atoms with Crippen molar-refractivity contribution in [2.24, 2.45) is 0 Å². The summed E-state index contributed by atoms with van der Waals surface area (Å²) in [6.07, 6.45) is 1.68. The van der Waals surface area contributed by atoms with Gasteiger partial charge in [0.2, 0.25) is 0 Å². The molecule has 0 bridgehead atoms. The molecule has 0 atom stereocenters. The van der Waals surface area contributed by atoms with Crippen LogP contribution in [0.2, 0.25) is 0 Å². The Morgan fingerprint density at radius 2 is 1.95 bits per heavy atom. The second-order valence-corrected chi connectivity index (χ2v) is 4.95. The quantitative estimate of drug-likeness (QED) is 0.911. The van der Waals surface area contributed by atoms with E-state index < -0.39 is 0 Å². The number of nitrogens with zero attached hydrogens (tertiary/aromatic N) is 1. The number of amides is 1. The van der Waals surface area contributed by atoms with Gasteiger partial charge in [-0.05, 0) is 58.7 Å². The molecular weight excluding hydrogens is 306 g/mol. The van der Waals surface area contributed by atoms with Gasteiger partial charge in [-0.2, -0.15) is 0 Å². The summed E-state index contributed by atoms with van der Waals surface area (Å²) in [7, 11) is 1.84. The molecule has 2 rings (SSSR count). The zero-order valence-electron chi connectivity index (χ0n) is 10.7. The van der Waals surface area contributed by atoms with Crippen LogP contribution in [0.25, 0.3) is 0 Å². The van der Waals surface area contributed by atoms with Gasteiger partial charge in [0.25, 0.3) is 5.91 Å². The molecule has 0 unspecified atom stereocenters. The molecule has 0 radical (unpaired) electrons. The van der Waals surface area contributed by atoms with Crippen molar-refractivity contribution in [2.75, 3.05) is 17.7 Å². The van der Waals surface area contributed by atoms with E-state index in [2.05, 4.69) is 31.5 Å². The van der Waals surface area contributed by atoms with Crippen molar-refractivity contribution in [3.8, 4) is 0 Å². The third-order valence-corrected chi connectivity index (χ3v) is 3.55. The van der Waals surface area contributed by atoms with E-state index in [1.54, 1.807) is 18.3 Å². The van der Waals surface area contributed by atoms with E-state index in [0.29, 0.717) is 11.4 Å². The van der Waals surface area contributed by atoms with Crippen molar-refractivity contribution in [3.05, 3.63) is 52.1 Å². The first-order chi connectivity index (χ1) is 9.10. The van der Waals surface area contributed by atoms with Crippen LogP contribution < -0.4 is 10.6 Å². The number of anilines is 2. The zero-order chi connectivity index (χ0) is 13.8. The van der Waals surface area contributed by atoms with Crippen molar-refractivity contribution in [3.63, 3.8) is 0 Å². The highest BCUT2D eigenvalue weighted by atomic mass is 79.9. The maximum atomic E-state index is 12.0. The third kappa shape index (κ3) is 3.32. The predicted molar refractivity (Wildman–Crippen MR) is 80.6 cm³/mol. The number of hydrogen-bond donors (Lipinski definition) is 2. The first kappa shape index (κ1) is 13.5. The van der Waals surface area contributed by atoms with Crippen molar-refractivity contribution < 1.29 is 4.79 Å². The van der Waals surface area contributed by atoms with E-state index >= 15 is 0 Å². The average Bonchev–Trinajstić information content (AvgIpc) is 2.43. The number of aryl methyl sites for hydroxylation is 1. The fourth-order valence-corrected chi connectivity index (χ4v) is 1.80. The molecule has 0 fully saturated rings. The second-order valence-electron chi connectivity index (χ2n) is 4.10. The third-order valence-electron chi connectivity index (χ3n) is 2.72. The summed E-state index contributed by atoms with van der Waals surface area (Å²) >= 11 is 3.37. The number of benzene rings is 1. The number of aromatic nitrogens is 1. The van der Waals surface area contributed by atoms with E-state index in [-0.39, 0.29) is 5.91 Å². The fraction of sp³-hybridized carbons (Fsp3) is 0.143. The van der Waals surface area contributed by atoms with Gasteiger partial charge in [0.15, 0.2) is 0 Å². The number of rotatable bonds is 3. The minimum absolute atomic E-state index is 0.170. The van der Waals surface area contributed by atoms with E-state index in [1.807, 2.05) is 32.2 Å². The number of carbonyl (C=O) groups is 1. The molecule has 0 aliphatic heterocycles. The van der Waals surface area contributed by atoms with E-state index in [4.69, 9.17) is 0 Å². The summed E-state index contributed by atoms with van der Waals surface area (Å²) in [6, 6.07) is 9.08. The van der Waals surface area contributed by atoms with Crippen LogP contribution in [-0.4, -0.2) is 17.9 Å². The average molecular weight is 320 g/mol. The van der Waals surface area contributed by atoms with Crippen molar-refractivity contribution in [1.82, 2.24) is 4.98 Å².